The first-order valence-corrected chi connectivity index (χ1v) is 7.07. The maximum absolute atomic E-state index is 9.03. The normalized spacial score (nSPS) is 14.7. The van der Waals surface area contributed by atoms with Crippen LogP contribution in [-0.4, -0.2) is 13.4 Å². The maximum atomic E-state index is 9.03. The van der Waals surface area contributed by atoms with Crippen LogP contribution in [0.3, 0.4) is 0 Å². The zero-order valence-electron chi connectivity index (χ0n) is 11.5. The van der Waals surface area contributed by atoms with Crippen molar-refractivity contribution in [1.82, 2.24) is 0 Å². The Morgan fingerprint density at radius 2 is 1.84 bits per heavy atom. The van der Waals surface area contributed by atoms with E-state index in [1.807, 2.05) is 36.6 Å². The third-order valence-corrected chi connectivity index (χ3v) is 3.53. The number of rotatable bonds is 3. The van der Waals surface area contributed by atoms with E-state index in [9.17, 15) is 0 Å². The smallest absolute Gasteiger partial charge is 0.136 e. The van der Waals surface area contributed by atoms with Crippen LogP contribution < -0.4 is 0 Å². The summed E-state index contributed by atoms with van der Waals surface area (Å²) in [6.45, 7) is 4.13. The first kappa shape index (κ1) is 15.1. The molecule has 1 aliphatic carbocycles. The number of hydrogen-bond acceptors (Lipinski definition) is 4. The van der Waals surface area contributed by atoms with Crippen molar-refractivity contribution < 1.29 is 4.74 Å². The molecule has 0 fully saturated rings. The van der Waals surface area contributed by atoms with Crippen molar-refractivity contribution >= 4 is 11.8 Å². The lowest BCUT2D eigenvalue weighted by Gasteiger charge is -2.09. The highest BCUT2D eigenvalue weighted by molar-refractivity contribution is 8.02. The zero-order chi connectivity index (χ0) is 14.4. The van der Waals surface area contributed by atoms with Gasteiger partial charge in [0.2, 0.25) is 0 Å². The summed E-state index contributed by atoms with van der Waals surface area (Å²) in [5, 5.41) is 18.1. The summed E-state index contributed by atoms with van der Waals surface area (Å²) in [6.07, 6.45) is 7.62. The molecule has 0 amide bonds. The fourth-order valence-electron chi connectivity index (χ4n) is 1.65. The van der Waals surface area contributed by atoms with Gasteiger partial charge in [-0.2, -0.15) is 10.5 Å². The van der Waals surface area contributed by atoms with Gasteiger partial charge in [0.1, 0.15) is 23.5 Å². The van der Waals surface area contributed by atoms with Gasteiger partial charge in [0.05, 0.1) is 7.11 Å². The first-order chi connectivity index (χ1) is 9.07. The predicted octanol–water partition coefficient (Wildman–Crippen LogP) is 3.70. The Morgan fingerprint density at radius 3 is 2.26 bits per heavy atom. The highest BCUT2D eigenvalue weighted by Crippen LogP contribution is 2.31. The predicted molar refractivity (Wildman–Crippen MR) is 77.9 cm³/mol. The van der Waals surface area contributed by atoms with Gasteiger partial charge >= 0.3 is 0 Å². The van der Waals surface area contributed by atoms with Gasteiger partial charge in [-0.15, -0.1) is 11.8 Å². The summed E-state index contributed by atoms with van der Waals surface area (Å²) in [7, 11) is 1.62. The molecule has 0 N–H and O–H groups in total. The minimum Gasteiger partial charge on any atom is -0.496 e. The molecule has 0 saturated carbocycles. The number of nitrogens with zero attached hydrogens (tertiary/aromatic N) is 2. The van der Waals surface area contributed by atoms with Crippen molar-refractivity contribution in [3.05, 3.63) is 45.6 Å². The summed E-state index contributed by atoms with van der Waals surface area (Å²) < 4.78 is 5.39. The fourth-order valence-corrected chi connectivity index (χ4v) is 2.24. The third-order valence-electron chi connectivity index (χ3n) is 2.77. The van der Waals surface area contributed by atoms with Crippen LogP contribution in [0.4, 0.5) is 0 Å². The van der Waals surface area contributed by atoms with Crippen LogP contribution in [-0.2, 0) is 4.74 Å². The van der Waals surface area contributed by atoms with Gasteiger partial charge in [0.15, 0.2) is 0 Å². The van der Waals surface area contributed by atoms with E-state index in [2.05, 4.69) is 13.8 Å². The molecular formula is C15H16N2OS. The molecule has 1 aliphatic rings. The summed E-state index contributed by atoms with van der Waals surface area (Å²) in [5.41, 5.74) is 1.80. The van der Waals surface area contributed by atoms with Crippen molar-refractivity contribution in [1.29, 1.82) is 10.5 Å². The number of hydrogen-bond donors (Lipinski definition) is 0. The monoisotopic (exact) mass is 272 g/mol. The topological polar surface area (TPSA) is 56.8 Å². The molecule has 0 unspecified atom stereocenters. The molecule has 3 nitrogen and oxygen atoms in total. The van der Waals surface area contributed by atoms with Crippen LogP contribution in [0.15, 0.2) is 45.6 Å². The summed E-state index contributed by atoms with van der Waals surface area (Å²) in [5.74, 6) is 1.05. The molecule has 19 heavy (non-hydrogen) atoms. The lowest BCUT2D eigenvalue weighted by molar-refractivity contribution is 0.304. The van der Waals surface area contributed by atoms with Crippen molar-refractivity contribution in [2.75, 3.05) is 13.4 Å². The van der Waals surface area contributed by atoms with Crippen LogP contribution >= 0.6 is 11.8 Å². The molecular weight excluding hydrogens is 256 g/mol. The van der Waals surface area contributed by atoms with E-state index in [1.54, 1.807) is 7.11 Å². The average Bonchev–Trinajstić information content (AvgIpc) is 2.59. The van der Waals surface area contributed by atoms with Gasteiger partial charge in [-0.3, -0.25) is 0 Å². The summed E-state index contributed by atoms with van der Waals surface area (Å²) in [4.78, 5) is 0.910. The van der Waals surface area contributed by atoms with Crippen LogP contribution in [0.1, 0.15) is 13.8 Å². The molecule has 98 valence electrons. The number of allylic oxidation sites excluding steroid dienone is 6. The van der Waals surface area contributed by atoms with Gasteiger partial charge in [0.25, 0.3) is 0 Å². The van der Waals surface area contributed by atoms with Crippen molar-refractivity contribution in [3.8, 4) is 12.1 Å². The maximum Gasteiger partial charge on any atom is 0.136 e. The Hall–Kier alpha value is -1.91. The molecule has 0 spiro atoms. The van der Waals surface area contributed by atoms with Crippen LogP contribution in [0.5, 0.6) is 0 Å². The molecule has 0 aromatic carbocycles. The lowest BCUT2D eigenvalue weighted by atomic mass is 9.99. The fraction of sp³-hybridized carbons (Fsp3) is 0.333. The second-order valence-electron chi connectivity index (χ2n) is 4.28. The molecule has 1 rings (SSSR count). The number of thioether (sulfide) groups is 1. The standard InChI is InChI=1S/C15H16N2OS/c1-10(2)11-5-12(13(8-16)9-17)7-15(19-4)14(6-11)18-3/h5-7,10H,1-4H3. The Bertz CT molecular complexity index is 550. The highest BCUT2D eigenvalue weighted by atomic mass is 32.2. The molecule has 0 aromatic rings. The third kappa shape index (κ3) is 3.53. The highest BCUT2D eigenvalue weighted by Gasteiger charge is 2.15. The lowest BCUT2D eigenvalue weighted by Crippen LogP contribution is -1.94. The van der Waals surface area contributed by atoms with E-state index in [1.165, 1.54) is 11.8 Å². The van der Waals surface area contributed by atoms with E-state index in [0.29, 0.717) is 5.57 Å². The number of ether oxygens (including phenoxy) is 1. The minimum absolute atomic E-state index is 0.121. The van der Waals surface area contributed by atoms with Gasteiger partial charge < -0.3 is 4.74 Å². The van der Waals surface area contributed by atoms with Crippen molar-refractivity contribution in [3.63, 3.8) is 0 Å². The molecule has 0 saturated heterocycles. The molecule has 0 bridgehead atoms. The van der Waals surface area contributed by atoms with Crippen LogP contribution in [0.2, 0.25) is 0 Å². The van der Waals surface area contributed by atoms with E-state index >= 15 is 0 Å². The quantitative estimate of drug-likeness (QED) is 0.735. The van der Waals surface area contributed by atoms with Gasteiger partial charge in [-0.05, 0) is 36.0 Å². The summed E-state index contributed by atoms with van der Waals surface area (Å²) >= 11 is 1.53. The molecule has 0 aliphatic heterocycles. The summed E-state index contributed by atoms with van der Waals surface area (Å²) in [6, 6.07) is 3.88. The van der Waals surface area contributed by atoms with E-state index < -0.39 is 0 Å². The number of methoxy groups -OCH3 is 1. The Balaban J connectivity index is 3.53. The SMILES string of the molecule is COC1=CC(C(C)C)=CC(=C(C#N)C#N)C=C1SC. The molecule has 4 heteroatoms. The Kier molecular flexibility index (Phi) is 5.48. The average molecular weight is 272 g/mol. The van der Waals surface area contributed by atoms with Crippen LogP contribution in [0, 0.1) is 28.6 Å². The Labute approximate surface area is 118 Å². The Morgan fingerprint density at radius 1 is 1.21 bits per heavy atom. The molecule has 0 radical (unpaired) electrons. The zero-order valence-corrected chi connectivity index (χ0v) is 12.3. The van der Waals surface area contributed by atoms with E-state index in [0.717, 1.165) is 16.2 Å². The largest absolute Gasteiger partial charge is 0.496 e. The molecule has 0 heterocycles. The minimum atomic E-state index is 0.121. The molecule has 0 aromatic heterocycles. The second kappa shape index (κ2) is 6.87. The number of nitriles is 2. The van der Waals surface area contributed by atoms with Gasteiger partial charge in [-0.25, -0.2) is 0 Å². The van der Waals surface area contributed by atoms with E-state index in [-0.39, 0.29) is 11.5 Å². The van der Waals surface area contributed by atoms with E-state index in [4.69, 9.17) is 15.3 Å². The van der Waals surface area contributed by atoms with Gasteiger partial charge in [-0.1, -0.05) is 13.8 Å². The first-order valence-electron chi connectivity index (χ1n) is 5.85. The van der Waals surface area contributed by atoms with Gasteiger partial charge in [0, 0.05) is 10.5 Å². The van der Waals surface area contributed by atoms with Crippen molar-refractivity contribution in [2.45, 2.75) is 13.8 Å². The van der Waals surface area contributed by atoms with Crippen molar-refractivity contribution in [2.24, 2.45) is 5.92 Å². The second-order valence-corrected chi connectivity index (χ2v) is 5.13. The van der Waals surface area contributed by atoms with Crippen LogP contribution in [0.25, 0.3) is 0 Å². The molecule has 0 atom stereocenters.